The molecule has 1 aromatic rings. The van der Waals surface area contributed by atoms with Crippen molar-refractivity contribution in [2.24, 2.45) is 17.6 Å². The summed E-state index contributed by atoms with van der Waals surface area (Å²) in [6.07, 6.45) is 10.9. The quantitative estimate of drug-likeness (QED) is 0.803. The SMILES string of the molecule is CCC1CCC(C(N)c2ccc(C3CCC3)cc2)CC1. The van der Waals surface area contributed by atoms with Gasteiger partial charge in [-0.25, -0.2) is 0 Å². The molecule has 1 heteroatoms. The zero-order valence-electron chi connectivity index (χ0n) is 12.9. The predicted octanol–water partition coefficient (Wildman–Crippen LogP) is 5.17. The molecule has 2 fully saturated rings. The molecule has 0 aliphatic heterocycles. The summed E-state index contributed by atoms with van der Waals surface area (Å²) in [5.41, 5.74) is 9.41. The van der Waals surface area contributed by atoms with Crippen LogP contribution in [0.2, 0.25) is 0 Å². The zero-order valence-corrected chi connectivity index (χ0v) is 12.9. The fourth-order valence-electron chi connectivity index (χ4n) is 3.96. The van der Waals surface area contributed by atoms with Crippen LogP contribution >= 0.6 is 0 Å². The van der Waals surface area contributed by atoms with E-state index in [2.05, 4.69) is 31.2 Å². The van der Waals surface area contributed by atoms with Crippen LogP contribution in [0.3, 0.4) is 0 Å². The third kappa shape index (κ3) is 2.93. The average Bonchev–Trinajstić information content (AvgIpc) is 2.46. The lowest BCUT2D eigenvalue weighted by atomic mass is 9.75. The first-order valence-electron chi connectivity index (χ1n) is 8.63. The molecule has 2 aliphatic carbocycles. The minimum Gasteiger partial charge on any atom is -0.324 e. The van der Waals surface area contributed by atoms with Gasteiger partial charge in [0.25, 0.3) is 0 Å². The molecule has 0 spiro atoms. The Morgan fingerprint density at radius 2 is 1.65 bits per heavy atom. The molecule has 2 N–H and O–H groups in total. The number of benzene rings is 1. The molecule has 0 heterocycles. The lowest BCUT2D eigenvalue weighted by Gasteiger charge is -2.32. The fourth-order valence-corrected chi connectivity index (χ4v) is 3.96. The largest absolute Gasteiger partial charge is 0.324 e. The van der Waals surface area contributed by atoms with Gasteiger partial charge < -0.3 is 5.73 Å². The number of nitrogens with two attached hydrogens (primary N) is 1. The molecule has 3 rings (SSSR count). The van der Waals surface area contributed by atoms with Gasteiger partial charge in [-0.1, -0.05) is 56.9 Å². The molecule has 2 aliphatic rings. The van der Waals surface area contributed by atoms with E-state index in [9.17, 15) is 0 Å². The van der Waals surface area contributed by atoms with E-state index in [1.807, 2.05) is 0 Å². The standard InChI is InChI=1S/C19H29N/c1-2-14-6-8-17(9-7-14)19(20)18-12-10-16(11-13-18)15-4-3-5-15/h10-15,17,19H,2-9,20H2,1H3. The molecule has 0 saturated heterocycles. The maximum Gasteiger partial charge on any atom is 0.0323 e. The molecule has 1 nitrogen and oxygen atoms in total. The van der Waals surface area contributed by atoms with Crippen LogP contribution < -0.4 is 5.73 Å². The van der Waals surface area contributed by atoms with Crippen molar-refractivity contribution in [2.45, 2.75) is 70.3 Å². The van der Waals surface area contributed by atoms with E-state index in [1.165, 1.54) is 62.5 Å². The lowest BCUT2D eigenvalue weighted by molar-refractivity contribution is 0.240. The molecule has 0 amide bonds. The maximum absolute atomic E-state index is 6.53. The first-order chi connectivity index (χ1) is 9.78. The highest BCUT2D eigenvalue weighted by atomic mass is 14.7. The molecular formula is C19H29N. The average molecular weight is 271 g/mol. The summed E-state index contributed by atoms with van der Waals surface area (Å²) in [4.78, 5) is 0. The smallest absolute Gasteiger partial charge is 0.0323 e. The summed E-state index contributed by atoms with van der Waals surface area (Å²) < 4.78 is 0. The van der Waals surface area contributed by atoms with Crippen LogP contribution in [0.15, 0.2) is 24.3 Å². The van der Waals surface area contributed by atoms with E-state index in [4.69, 9.17) is 5.73 Å². The van der Waals surface area contributed by atoms with Crippen molar-refractivity contribution in [3.63, 3.8) is 0 Å². The van der Waals surface area contributed by atoms with Gasteiger partial charge in [0, 0.05) is 6.04 Å². The van der Waals surface area contributed by atoms with Crippen molar-refractivity contribution < 1.29 is 0 Å². The Bertz CT molecular complexity index is 410. The minimum atomic E-state index is 0.253. The summed E-state index contributed by atoms with van der Waals surface area (Å²) in [6, 6.07) is 9.50. The normalized spacial score (nSPS) is 28.9. The Morgan fingerprint density at radius 3 is 2.15 bits per heavy atom. The van der Waals surface area contributed by atoms with Gasteiger partial charge in [0.15, 0.2) is 0 Å². The van der Waals surface area contributed by atoms with E-state index >= 15 is 0 Å². The molecule has 1 aromatic carbocycles. The maximum atomic E-state index is 6.53. The van der Waals surface area contributed by atoms with E-state index in [1.54, 1.807) is 0 Å². The van der Waals surface area contributed by atoms with Gasteiger partial charge >= 0.3 is 0 Å². The molecule has 1 unspecified atom stereocenters. The van der Waals surface area contributed by atoms with Crippen LogP contribution in [0.1, 0.15) is 81.4 Å². The summed E-state index contributed by atoms with van der Waals surface area (Å²) in [6.45, 7) is 2.32. The zero-order chi connectivity index (χ0) is 13.9. The Balaban J connectivity index is 1.60. The first-order valence-corrected chi connectivity index (χ1v) is 8.63. The third-order valence-corrected chi connectivity index (χ3v) is 5.87. The van der Waals surface area contributed by atoms with Gasteiger partial charge in [-0.3, -0.25) is 0 Å². The van der Waals surface area contributed by atoms with Crippen LogP contribution in [0, 0.1) is 11.8 Å². The monoisotopic (exact) mass is 271 g/mol. The second-order valence-corrected chi connectivity index (χ2v) is 7.01. The molecule has 0 bridgehead atoms. The van der Waals surface area contributed by atoms with Crippen molar-refractivity contribution in [2.75, 3.05) is 0 Å². The van der Waals surface area contributed by atoms with Crippen molar-refractivity contribution in [1.82, 2.24) is 0 Å². The Labute approximate surface area is 124 Å². The van der Waals surface area contributed by atoms with Gasteiger partial charge in [0.1, 0.15) is 0 Å². The molecule has 0 radical (unpaired) electrons. The number of hydrogen-bond donors (Lipinski definition) is 1. The molecule has 1 atom stereocenters. The highest BCUT2D eigenvalue weighted by Gasteiger charge is 2.26. The predicted molar refractivity (Wildman–Crippen MR) is 85.7 cm³/mol. The minimum absolute atomic E-state index is 0.253. The van der Waals surface area contributed by atoms with Gasteiger partial charge in [-0.15, -0.1) is 0 Å². The second-order valence-electron chi connectivity index (χ2n) is 7.01. The highest BCUT2D eigenvalue weighted by Crippen LogP contribution is 2.39. The van der Waals surface area contributed by atoms with Crippen LogP contribution in [0.25, 0.3) is 0 Å². The Morgan fingerprint density at radius 1 is 1.00 bits per heavy atom. The number of rotatable bonds is 4. The van der Waals surface area contributed by atoms with Crippen molar-refractivity contribution in [1.29, 1.82) is 0 Å². The van der Waals surface area contributed by atoms with Crippen LogP contribution in [-0.4, -0.2) is 0 Å². The molecule has 0 aromatic heterocycles. The van der Waals surface area contributed by atoms with Crippen molar-refractivity contribution in [3.8, 4) is 0 Å². The summed E-state index contributed by atoms with van der Waals surface area (Å²) in [5, 5.41) is 0. The topological polar surface area (TPSA) is 26.0 Å². The van der Waals surface area contributed by atoms with E-state index in [-0.39, 0.29) is 6.04 Å². The fraction of sp³-hybridized carbons (Fsp3) is 0.684. The second kappa shape index (κ2) is 6.30. The Hall–Kier alpha value is -0.820. The summed E-state index contributed by atoms with van der Waals surface area (Å²) >= 11 is 0. The summed E-state index contributed by atoms with van der Waals surface area (Å²) in [5.74, 6) is 2.49. The Kier molecular flexibility index (Phi) is 4.45. The van der Waals surface area contributed by atoms with Crippen molar-refractivity contribution in [3.05, 3.63) is 35.4 Å². The molecule has 20 heavy (non-hydrogen) atoms. The lowest BCUT2D eigenvalue weighted by Crippen LogP contribution is -2.26. The van der Waals surface area contributed by atoms with Gasteiger partial charge in [0.05, 0.1) is 0 Å². The molecule has 110 valence electrons. The molecule has 2 saturated carbocycles. The third-order valence-electron chi connectivity index (χ3n) is 5.87. The van der Waals surface area contributed by atoms with Crippen LogP contribution in [0.4, 0.5) is 0 Å². The van der Waals surface area contributed by atoms with Gasteiger partial charge in [-0.05, 0) is 54.6 Å². The van der Waals surface area contributed by atoms with Gasteiger partial charge in [-0.2, -0.15) is 0 Å². The highest BCUT2D eigenvalue weighted by molar-refractivity contribution is 5.28. The number of hydrogen-bond acceptors (Lipinski definition) is 1. The van der Waals surface area contributed by atoms with Gasteiger partial charge in [0.2, 0.25) is 0 Å². The summed E-state index contributed by atoms with van der Waals surface area (Å²) in [7, 11) is 0. The van der Waals surface area contributed by atoms with E-state index < -0.39 is 0 Å². The van der Waals surface area contributed by atoms with Crippen LogP contribution in [0.5, 0.6) is 0 Å². The molecular weight excluding hydrogens is 242 g/mol. The van der Waals surface area contributed by atoms with E-state index in [0.717, 1.165) is 11.8 Å². The first kappa shape index (κ1) is 14.1. The van der Waals surface area contributed by atoms with E-state index in [0.29, 0.717) is 5.92 Å². The van der Waals surface area contributed by atoms with Crippen molar-refractivity contribution >= 4 is 0 Å². The van der Waals surface area contributed by atoms with Crippen LogP contribution in [-0.2, 0) is 0 Å².